The Bertz CT molecular complexity index is 4680. The Morgan fingerprint density at radius 2 is 0.707 bits per heavy atom. The number of pyridine rings is 3. The van der Waals surface area contributed by atoms with E-state index in [1.165, 1.54) is 32.3 Å². The number of fused-ring (bicyclic) bond motifs is 6. The molecule has 0 fully saturated rings. The Morgan fingerprint density at radius 3 is 1.24 bits per heavy atom. The van der Waals surface area contributed by atoms with Crippen molar-refractivity contribution in [3.63, 3.8) is 0 Å². The third-order valence-electron chi connectivity index (χ3n) is 15.7. The molecule has 0 N–H and O–H groups in total. The summed E-state index contributed by atoms with van der Waals surface area (Å²) >= 11 is 0. The van der Waals surface area contributed by atoms with Crippen molar-refractivity contribution in [1.82, 2.24) is 15.0 Å². The molecule has 0 saturated heterocycles. The lowest BCUT2D eigenvalue weighted by Crippen LogP contribution is -1.95. The van der Waals surface area contributed by atoms with E-state index >= 15 is 0 Å². The van der Waals surface area contributed by atoms with Crippen LogP contribution in [0.2, 0.25) is 0 Å². The van der Waals surface area contributed by atoms with Gasteiger partial charge in [0.25, 0.3) is 0 Å². The summed E-state index contributed by atoms with van der Waals surface area (Å²) in [6, 6.07) is 95.7. The zero-order chi connectivity index (χ0) is 54.9. The van der Waals surface area contributed by atoms with Crippen LogP contribution in [0.25, 0.3) is 149 Å². The number of rotatable bonds is 10. The van der Waals surface area contributed by atoms with Crippen molar-refractivity contribution in [2.45, 2.75) is 0 Å². The number of nitriles is 1. The van der Waals surface area contributed by atoms with Crippen molar-refractivity contribution in [3.05, 3.63) is 302 Å². The van der Waals surface area contributed by atoms with Gasteiger partial charge >= 0.3 is 0 Å². The molecule has 82 heavy (non-hydrogen) atoms. The Labute approximate surface area is 475 Å². The summed E-state index contributed by atoms with van der Waals surface area (Å²) in [5.74, 6) is 0. The van der Waals surface area contributed by atoms with Crippen molar-refractivity contribution in [2.24, 2.45) is 0 Å². The molecule has 5 heteroatoms. The zero-order valence-electron chi connectivity index (χ0n) is 44.4. The molecule has 0 aliphatic carbocycles. The van der Waals surface area contributed by atoms with Gasteiger partial charge in [0.1, 0.15) is 0 Å². The Morgan fingerprint density at radius 1 is 0.268 bits per heavy atom. The number of nitrogens with zero attached hydrogens (tertiary/aromatic N) is 5. The minimum atomic E-state index is 0.580. The molecule has 0 saturated carbocycles. The quantitative estimate of drug-likeness (QED) is 0.101. The molecule has 0 bridgehead atoms. The van der Waals surface area contributed by atoms with E-state index in [0.29, 0.717) is 11.3 Å². The summed E-state index contributed by atoms with van der Waals surface area (Å²) in [5.41, 5.74) is 21.1. The van der Waals surface area contributed by atoms with Gasteiger partial charge in [-0.25, -0.2) is 4.85 Å². The first-order valence-electron chi connectivity index (χ1n) is 27.3. The van der Waals surface area contributed by atoms with E-state index in [2.05, 4.69) is 217 Å². The van der Waals surface area contributed by atoms with Crippen LogP contribution in [0.4, 0.5) is 5.69 Å². The first kappa shape index (κ1) is 49.0. The van der Waals surface area contributed by atoms with Crippen LogP contribution >= 0.6 is 0 Å². The number of benzene rings is 11. The monoisotopic (exact) mass is 1040 g/mol. The summed E-state index contributed by atoms with van der Waals surface area (Å²) in [6.45, 7) is 7.59. The predicted molar refractivity (Wildman–Crippen MR) is 338 cm³/mol. The first-order valence-corrected chi connectivity index (χ1v) is 27.3. The van der Waals surface area contributed by atoms with Crippen molar-refractivity contribution in [1.29, 1.82) is 5.26 Å². The summed E-state index contributed by atoms with van der Waals surface area (Å²) in [5, 5.41) is 17.0. The van der Waals surface area contributed by atoms with Gasteiger partial charge in [-0.15, -0.1) is 0 Å². The van der Waals surface area contributed by atoms with Crippen molar-refractivity contribution in [3.8, 4) is 118 Å². The second-order valence-corrected chi connectivity index (χ2v) is 20.5. The normalized spacial score (nSPS) is 11.1. The first-order chi connectivity index (χ1) is 40.5. The van der Waals surface area contributed by atoms with Crippen LogP contribution in [0.15, 0.2) is 286 Å². The number of aromatic nitrogens is 3. The molecule has 0 aliphatic heterocycles. The molecule has 0 amide bonds. The summed E-state index contributed by atoms with van der Waals surface area (Å²) in [7, 11) is 0. The van der Waals surface area contributed by atoms with E-state index in [0.717, 1.165) is 112 Å². The molecule has 14 rings (SSSR count). The van der Waals surface area contributed by atoms with Crippen LogP contribution in [0, 0.1) is 17.9 Å². The van der Waals surface area contributed by atoms with Crippen LogP contribution in [-0.2, 0) is 0 Å². The van der Waals surface area contributed by atoms with Crippen LogP contribution in [0.5, 0.6) is 0 Å². The standard InChI is InChI=1S/C77H47N5/c1-79-60-22-16-21-54(43-60)76-38-35-56(48-81-76)62-24-6-8-26-64(62)58-40-57(63-25-7-5-23-61(63)55-34-37-75(80-47-55)53-20-15-17-50(39-53)46-78)41-59(42-58)65-27-9-10-28-66(65)74-49-82-77(51-18-3-2-4-19-51)45-72(74)52-33-36-71-69-31-12-11-29-67(69)68-30-13-14-32-70(68)73(71)44-52/h2-45,47-49H. The molecule has 0 radical (unpaired) electrons. The minimum absolute atomic E-state index is 0.580. The molecule has 0 unspecified atom stereocenters. The van der Waals surface area contributed by atoms with E-state index in [1.807, 2.05) is 79.1 Å². The fourth-order valence-corrected chi connectivity index (χ4v) is 11.7. The lowest BCUT2D eigenvalue weighted by Gasteiger charge is -2.19. The number of hydrogen-bond donors (Lipinski definition) is 0. The molecule has 11 aromatic carbocycles. The maximum Gasteiger partial charge on any atom is 0.187 e. The van der Waals surface area contributed by atoms with Gasteiger partial charge in [-0.2, -0.15) is 5.26 Å². The van der Waals surface area contributed by atoms with Crippen LogP contribution in [0.1, 0.15) is 5.56 Å². The van der Waals surface area contributed by atoms with Gasteiger partial charge in [-0.3, -0.25) is 15.0 Å². The third kappa shape index (κ3) is 9.11. The molecule has 380 valence electrons. The summed E-state index contributed by atoms with van der Waals surface area (Å²) in [4.78, 5) is 18.8. The molecule has 5 nitrogen and oxygen atoms in total. The molecular formula is C77H47N5. The average molecular weight is 1040 g/mol. The lowest BCUT2D eigenvalue weighted by atomic mass is 9.85. The molecular weight excluding hydrogens is 995 g/mol. The second kappa shape index (κ2) is 21.1. The molecule has 0 spiro atoms. The highest BCUT2D eigenvalue weighted by atomic mass is 14.7. The molecule has 0 atom stereocenters. The molecule has 14 aromatic rings. The molecule has 0 aliphatic rings. The van der Waals surface area contributed by atoms with Gasteiger partial charge < -0.3 is 0 Å². The largest absolute Gasteiger partial charge is 0.256 e. The van der Waals surface area contributed by atoms with Gasteiger partial charge in [0.2, 0.25) is 0 Å². The third-order valence-corrected chi connectivity index (χ3v) is 15.7. The highest BCUT2D eigenvalue weighted by Crippen LogP contribution is 2.46. The minimum Gasteiger partial charge on any atom is -0.256 e. The highest BCUT2D eigenvalue weighted by molar-refractivity contribution is 6.26. The lowest BCUT2D eigenvalue weighted by molar-refractivity contribution is 1.32. The zero-order valence-corrected chi connectivity index (χ0v) is 44.4. The van der Waals surface area contributed by atoms with Crippen LogP contribution < -0.4 is 0 Å². The van der Waals surface area contributed by atoms with Crippen LogP contribution in [-0.4, -0.2) is 15.0 Å². The molecule has 3 heterocycles. The van der Waals surface area contributed by atoms with E-state index in [1.54, 1.807) is 0 Å². The second-order valence-electron chi connectivity index (χ2n) is 20.5. The summed E-state index contributed by atoms with van der Waals surface area (Å²) in [6.07, 6.45) is 5.94. The fourth-order valence-electron chi connectivity index (χ4n) is 11.7. The maximum atomic E-state index is 9.65. The Kier molecular flexibility index (Phi) is 12.6. The van der Waals surface area contributed by atoms with E-state index < -0.39 is 0 Å². The van der Waals surface area contributed by atoms with E-state index in [-0.39, 0.29) is 0 Å². The Hall–Kier alpha value is -11.4. The maximum absolute atomic E-state index is 9.65. The average Bonchev–Trinajstić information content (AvgIpc) is 3.46. The highest BCUT2D eigenvalue weighted by Gasteiger charge is 2.20. The van der Waals surface area contributed by atoms with Gasteiger partial charge in [-0.1, -0.05) is 206 Å². The van der Waals surface area contributed by atoms with Crippen molar-refractivity contribution < 1.29 is 0 Å². The SMILES string of the molecule is [C-]#[N+]c1cccc(-c2ccc(-c3ccccc3-c3cc(-c4ccccc4-c4ccc(-c5cccc(C#N)c5)nc4)cc(-c4ccccc4-c4cnc(-c5ccccc5)cc4-c4ccc5c6ccccc6c6ccccc6c5c4)c3)cn2)c1. The van der Waals surface area contributed by atoms with Gasteiger partial charge in [0, 0.05) is 46.4 Å². The van der Waals surface area contributed by atoms with Crippen molar-refractivity contribution in [2.75, 3.05) is 0 Å². The van der Waals surface area contributed by atoms with E-state index in [9.17, 15) is 5.26 Å². The smallest absolute Gasteiger partial charge is 0.187 e. The van der Waals surface area contributed by atoms with Crippen molar-refractivity contribution >= 4 is 38.0 Å². The topological polar surface area (TPSA) is 66.8 Å². The van der Waals surface area contributed by atoms with Gasteiger partial charge in [0.05, 0.1) is 35.3 Å². The van der Waals surface area contributed by atoms with Gasteiger partial charge in [-0.05, 0) is 160 Å². The fraction of sp³-hybridized carbons (Fsp3) is 0. The summed E-state index contributed by atoms with van der Waals surface area (Å²) < 4.78 is 0. The number of hydrogen-bond acceptors (Lipinski definition) is 4. The van der Waals surface area contributed by atoms with Gasteiger partial charge in [0.15, 0.2) is 5.69 Å². The van der Waals surface area contributed by atoms with E-state index in [4.69, 9.17) is 21.5 Å². The molecule has 3 aromatic heterocycles. The Balaban J connectivity index is 0.961. The van der Waals surface area contributed by atoms with Crippen LogP contribution in [0.3, 0.4) is 0 Å². The predicted octanol–water partition coefficient (Wildman–Crippen LogP) is 20.4.